The Balaban J connectivity index is 1.69. The zero-order chi connectivity index (χ0) is 19.2. The monoisotopic (exact) mass is 383 g/mol. The summed E-state index contributed by atoms with van der Waals surface area (Å²) in [6.07, 6.45) is 2.37. The number of piperidine rings is 1. The Morgan fingerprint density at radius 3 is 2.52 bits per heavy atom. The van der Waals surface area contributed by atoms with E-state index in [2.05, 4.69) is 28.5 Å². The molecule has 0 spiro atoms. The van der Waals surface area contributed by atoms with E-state index in [0.717, 1.165) is 30.4 Å². The van der Waals surface area contributed by atoms with Gasteiger partial charge in [0.2, 0.25) is 0 Å². The molecule has 2 aromatic carbocycles. The lowest BCUT2D eigenvalue weighted by Crippen LogP contribution is -2.36. The zero-order valence-electron chi connectivity index (χ0n) is 15.7. The number of nitrogens with one attached hydrogen (secondary N) is 2. The van der Waals surface area contributed by atoms with Gasteiger partial charge in [0, 0.05) is 13.1 Å². The van der Waals surface area contributed by atoms with Crippen LogP contribution in [0.2, 0.25) is 0 Å². The molecule has 27 heavy (non-hydrogen) atoms. The van der Waals surface area contributed by atoms with Crippen molar-refractivity contribution in [1.82, 2.24) is 5.32 Å². The molecule has 142 valence electrons. The van der Waals surface area contributed by atoms with Gasteiger partial charge in [-0.05, 0) is 55.2 Å². The highest BCUT2D eigenvalue weighted by Crippen LogP contribution is 2.29. The van der Waals surface area contributed by atoms with Crippen LogP contribution in [0.4, 0.5) is 11.4 Å². The van der Waals surface area contributed by atoms with E-state index in [1.165, 1.54) is 12.8 Å². The number of hydrogen-bond acceptors (Lipinski definition) is 4. The van der Waals surface area contributed by atoms with Crippen molar-refractivity contribution in [3.8, 4) is 5.75 Å². The summed E-state index contributed by atoms with van der Waals surface area (Å²) in [5, 5.41) is 6.18. The predicted octanol–water partition coefficient (Wildman–Crippen LogP) is 4.06. The van der Waals surface area contributed by atoms with Crippen molar-refractivity contribution in [2.75, 3.05) is 30.4 Å². The van der Waals surface area contributed by atoms with Crippen LogP contribution in [0.1, 0.15) is 30.1 Å². The van der Waals surface area contributed by atoms with Crippen molar-refractivity contribution in [3.05, 3.63) is 54.1 Å². The number of hydrogen-bond donors (Lipinski definition) is 2. The molecule has 3 rings (SSSR count). The van der Waals surface area contributed by atoms with Gasteiger partial charge in [0.1, 0.15) is 5.75 Å². The second-order valence-electron chi connectivity index (χ2n) is 6.80. The van der Waals surface area contributed by atoms with Crippen LogP contribution < -0.4 is 20.3 Å². The molecule has 1 heterocycles. The molecule has 2 N–H and O–H groups in total. The van der Waals surface area contributed by atoms with Crippen LogP contribution in [0, 0.1) is 5.92 Å². The molecule has 1 amide bonds. The van der Waals surface area contributed by atoms with E-state index in [1.54, 1.807) is 25.3 Å². The topological polar surface area (TPSA) is 53.6 Å². The first kappa shape index (κ1) is 19.2. The SMILES string of the molecule is COc1ccccc1C(=O)NC(=S)Nc1ccccc1N1CCC(C)CC1. The van der Waals surface area contributed by atoms with Crippen molar-refractivity contribution in [2.24, 2.45) is 5.92 Å². The smallest absolute Gasteiger partial charge is 0.261 e. The lowest BCUT2D eigenvalue weighted by molar-refractivity contribution is 0.0975. The molecule has 0 aliphatic carbocycles. The molecule has 0 bridgehead atoms. The van der Waals surface area contributed by atoms with Crippen LogP contribution >= 0.6 is 12.2 Å². The Bertz CT molecular complexity index is 817. The molecule has 0 atom stereocenters. The number of para-hydroxylation sites is 3. The van der Waals surface area contributed by atoms with Gasteiger partial charge in [-0.25, -0.2) is 0 Å². The number of nitrogens with zero attached hydrogens (tertiary/aromatic N) is 1. The van der Waals surface area contributed by atoms with Gasteiger partial charge in [-0.1, -0.05) is 31.2 Å². The largest absolute Gasteiger partial charge is 0.496 e. The number of thiocarbonyl (C=S) groups is 1. The van der Waals surface area contributed by atoms with E-state index in [1.807, 2.05) is 24.3 Å². The Hall–Kier alpha value is -2.60. The third-order valence-electron chi connectivity index (χ3n) is 4.86. The van der Waals surface area contributed by atoms with Gasteiger partial charge in [0.25, 0.3) is 5.91 Å². The molecule has 0 aromatic heterocycles. The first-order chi connectivity index (χ1) is 13.1. The normalized spacial score (nSPS) is 14.5. The number of anilines is 2. The first-order valence-corrected chi connectivity index (χ1v) is 9.58. The van der Waals surface area contributed by atoms with Crippen LogP contribution in [-0.4, -0.2) is 31.2 Å². The van der Waals surface area contributed by atoms with Gasteiger partial charge in [0.15, 0.2) is 5.11 Å². The Kier molecular flexibility index (Phi) is 6.29. The van der Waals surface area contributed by atoms with Crippen LogP contribution in [0.3, 0.4) is 0 Å². The average molecular weight is 384 g/mol. The fourth-order valence-electron chi connectivity index (χ4n) is 3.26. The minimum atomic E-state index is -0.297. The van der Waals surface area contributed by atoms with Crippen molar-refractivity contribution in [1.29, 1.82) is 0 Å². The summed E-state index contributed by atoms with van der Waals surface area (Å²) >= 11 is 5.37. The quantitative estimate of drug-likeness (QED) is 0.780. The molecular formula is C21H25N3O2S. The van der Waals surface area contributed by atoms with E-state index in [9.17, 15) is 4.79 Å². The van der Waals surface area contributed by atoms with Crippen molar-refractivity contribution < 1.29 is 9.53 Å². The second kappa shape index (κ2) is 8.86. The lowest BCUT2D eigenvalue weighted by Gasteiger charge is -2.33. The third-order valence-corrected chi connectivity index (χ3v) is 5.06. The van der Waals surface area contributed by atoms with E-state index < -0.39 is 0 Å². The molecule has 1 aliphatic rings. The van der Waals surface area contributed by atoms with Crippen LogP contribution in [0.5, 0.6) is 5.75 Å². The maximum Gasteiger partial charge on any atom is 0.261 e. The molecule has 1 saturated heterocycles. The van der Waals surface area contributed by atoms with Gasteiger partial charge >= 0.3 is 0 Å². The summed E-state index contributed by atoms with van der Waals surface area (Å²) in [6, 6.07) is 15.1. The van der Waals surface area contributed by atoms with Crippen LogP contribution in [0.15, 0.2) is 48.5 Å². The molecule has 0 radical (unpaired) electrons. The van der Waals surface area contributed by atoms with Gasteiger partial charge in [-0.3, -0.25) is 10.1 Å². The minimum absolute atomic E-state index is 0.267. The number of rotatable bonds is 4. The maximum absolute atomic E-state index is 12.5. The standard InChI is InChI=1S/C21H25N3O2S/c1-15-11-13-24(14-12-15)18-9-5-4-8-17(18)22-21(27)23-20(25)16-7-3-6-10-19(16)26-2/h3-10,15H,11-14H2,1-2H3,(H2,22,23,25,27). The highest BCUT2D eigenvalue weighted by Gasteiger charge is 2.19. The van der Waals surface area contributed by atoms with E-state index in [4.69, 9.17) is 17.0 Å². The summed E-state index contributed by atoms with van der Waals surface area (Å²) < 4.78 is 5.24. The summed E-state index contributed by atoms with van der Waals surface area (Å²) in [4.78, 5) is 14.9. The fraction of sp³-hybridized carbons (Fsp3) is 0.333. The van der Waals surface area contributed by atoms with Gasteiger partial charge in [0.05, 0.1) is 24.0 Å². The molecule has 2 aromatic rings. The highest BCUT2D eigenvalue weighted by atomic mass is 32.1. The highest BCUT2D eigenvalue weighted by molar-refractivity contribution is 7.80. The van der Waals surface area contributed by atoms with Crippen molar-refractivity contribution in [2.45, 2.75) is 19.8 Å². The number of amides is 1. The zero-order valence-corrected chi connectivity index (χ0v) is 16.5. The minimum Gasteiger partial charge on any atom is -0.496 e. The predicted molar refractivity (Wildman–Crippen MR) is 114 cm³/mol. The summed E-state index contributed by atoms with van der Waals surface area (Å²) in [5.74, 6) is 0.984. The third kappa shape index (κ3) is 4.77. The van der Waals surface area contributed by atoms with E-state index >= 15 is 0 Å². The molecule has 6 heteroatoms. The van der Waals surface area contributed by atoms with E-state index in [0.29, 0.717) is 11.3 Å². The van der Waals surface area contributed by atoms with Crippen molar-refractivity contribution >= 4 is 34.6 Å². The molecule has 0 unspecified atom stereocenters. The number of methoxy groups -OCH3 is 1. The molecule has 1 aliphatic heterocycles. The number of benzene rings is 2. The van der Waals surface area contributed by atoms with Gasteiger partial charge < -0.3 is 15.0 Å². The van der Waals surface area contributed by atoms with Gasteiger partial charge in [-0.2, -0.15) is 0 Å². The first-order valence-electron chi connectivity index (χ1n) is 9.18. The Labute approximate surface area is 165 Å². The molecule has 0 saturated carbocycles. The lowest BCUT2D eigenvalue weighted by atomic mass is 9.98. The molecule has 5 nitrogen and oxygen atoms in total. The molecule has 1 fully saturated rings. The van der Waals surface area contributed by atoms with Crippen molar-refractivity contribution in [3.63, 3.8) is 0 Å². The summed E-state index contributed by atoms with van der Waals surface area (Å²) in [5.41, 5.74) is 2.46. The number of carbonyl (C=O) groups is 1. The average Bonchev–Trinajstić information content (AvgIpc) is 2.69. The number of ether oxygens (including phenoxy) is 1. The van der Waals surface area contributed by atoms with Gasteiger partial charge in [-0.15, -0.1) is 0 Å². The Morgan fingerprint density at radius 2 is 1.78 bits per heavy atom. The Morgan fingerprint density at radius 1 is 1.11 bits per heavy atom. The van der Waals surface area contributed by atoms with E-state index in [-0.39, 0.29) is 11.0 Å². The maximum atomic E-state index is 12.5. The summed E-state index contributed by atoms with van der Waals surface area (Å²) in [6.45, 7) is 4.35. The van der Waals surface area contributed by atoms with Crippen LogP contribution in [0.25, 0.3) is 0 Å². The molecular weight excluding hydrogens is 358 g/mol. The number of carbonyl (C=O) groups excluding carboxylic acids is 1. The fourth-order valence-corrected chi connectivity index (χ4v) is 3.46. The second-order valence-corrected chi connectivity index (χ2v) is 7.20. The summed E-state index contributed by atoms with van der Waals surface area (Å²) in [7, 11) is 1.54. The van der Waals surface area contributed by atoms with Crippen LogP contribution in [-0.2, 0) is 0 Å².